The lowest BCUT2D eigenvalue weighted by atomic mass is 10.1. The van der Waals surface area contributed by atoms with Crippen molar-refractivity contribution in [1.82, 2.24) is 14.2 Å². The van der Waals surface area contributed by atoms with Crippen LogP contribution in [-0.4, -0.2) is 55.8 Å². The Morgan fingerprint density at radius 3 is 2.71 bits per heavy atom. The lowest BCUT2D eigenvalue weighted by molar-refractivity contribution is 0.268. The van der Waals surface area contributed by atoms with Crippen LogP contribution in [0.3, 0.4) is 0 Å². The maximum atomic E-state index is 13.1. The number of nitrogens with zero attached hydrogens (tertiary/aromatic N) is 2. The highest BCUT2D eigenvalue weighted by molar-refractivity contribution is 7.89. The Bertz CT molecular complexity index is 898. The zero-order chi connectivity index (χ0) is 17.5. The number of aryl methyl sites for hydroxylation is 1. The number of sulfonamides is 1. The third kappa shape index (κ3) is 3.13. The van der Waals surface area contributed by atoms with E-state index < -0.39 is 15.8 Å². The molecule has 24 heavy (non-hydrogen) atoms. The normalized spacial score (nSPS) is 20.6. The van der Waals surface area contributed by atoms with Crippen molar-refractivity contribution in [3.63, 3.8) is 0 Å². The molecule has 0 amide bonds. The maximum absolute atomic E-state index is 13.1. The Labute approximate surface area is 141 Å². The summed E-state index contributed by atoms with van der Waals surface area (Å²) in [5.41, 5.74) is 1.39. The predicted molar refractivity (Wildman–Crippen MR) is 91.7 cm³/mol. The van der Waals surface area contributed by atoms with Crippen LogP contribution < -0.4 is 5.76 Å². The zero-order valence-corrected chi connectivity index (χ0v) is 15.0. The molecule has 1 aromatic heterocycles. The molecule has 0 aliphatic carbocycles. The summed E-state index contributed by atoms with van der Waals surface area (Å²) in [5.74, 6) is -0.581. The van der Waals surface area contributed by atoms with Crippen LogP contribution in [0.15, 0.2) is 26.2 Å². The van der Waals surface area contributed by atoms with Crippen LogP contribution in [0.5, 0.6) is 0 Å². The van der Waals surface area contributed by atoms with Crippen molar-refractivity contribution in [2.45, 2.75) is 37.1 Å². The molecule has 0 bridgehead atoms. The molecule has 2 heterocycles. The first-order chi connectivity index (χ1) is 11.3. The first-order valence-corrected chi connectivity index (χ1v) is 9.53. The monoisotopic (exact) mass is 353 g/mol. The number of benzene rings is 1. The van der Waals surface area contributed by atoms with Crippen molar-refractivity contribution in [2.75, 3.05) is 27.2 Å². The number of aromatic nitrogens is 1. The fourth-order valence-electron chi connectivity index (χ4n) is 3.31. The second-order valence-corrected chi connectivity index (χ2v) is 8.49. The van der Waals surface area contributed by atoms with Gasteiger partial charge in [0.25, 0.3) is 0 Å². The van der Waals surface area contributed by atoms with E-state index in [2.05, 4.69) is 9.88 Å². The highest BCUT2D eigenvalue weighted by Crippen LogP contribution is 2.27. The molecule has 2 aromatic rings. The molecule has 0 saturated carbocycles. The first kappa shape index (κ1) is 17.2. The fraction of sp³-hybridized carbons (Fsp3) is 0.562. The standard InChI is InChI=1S/C16H23N3O4S/c1-11-9-13-14(23-16(20)17-13)10-15(11)24(21,22)19-7-4-5-12(6-8-19)18(2)3/h9-10,12H,4-8H2,1-3H3,(H,17,20)/t12-/m1/s1. The van der Waals surface area contributed by atoms with E-state index in [1.165, 1.54) is 6.07 Å². The molecule has 0 radical (unpaired) electrons. The van der Waals surface area contributed by atoms with Crippen molar-refractivity contribution in [3.8, 4) is 0 Å². The summed E-state index contributed by atoms with van der Waals surface area (Å²) < 4.78 is 32.7. The molecule has 0 unspecified atom stereocenters. The van der Waals surface area contributed by atoms with Crippen LogP contribution in [0.4, 0.5) is 0 Å². The van der Waals surface area contributed by atoms with E-state index in [9.17, 15) is 13.2 Å². The molecule has 1 aliphatic rings. The maximum Gasteiger partial charge on any atom is 0.417 e. The predicted octanol–water partition coefficient (Wildman–Crippen LogP) is 1.53. The second-order valence-electron chi connectivity index (χ2n) is 6.58. The number of aromatic amines is 1. The topological polar surface area (TPSA) is 86.6 Å². The third-order valence-corrected chi connectivity index (χ3v) is 6.76. The van der Waals surface area contributed by atoms with E-state index in [-0.39, 0.29) is 10.5 Å². The van der Waals surface area contributed by atoms with Gasteiger partial charge in [-0.1, -0.05) is 0 Å². The minimum atomic E-state index is -3.61. The lowest BCUT2D eigenvalue weighted by Crippen LogP contribution is -2.34. The Kier molecular flexibility index (Phi) is 4.54. The molecule has 1 atom stereocenters. The Morgan fingerprint density at radius 1 is 1.25 bits per heavy atom. The van der Waals surface area contributed by atoms with Gasteiger partial charge in [0.1, 0.15) is 0 Å². The van der Waals surface area contributed by atoms with Gasteiger partial charge in [0.2, 0.25) is 10.0 Å². The number of hydrogen-bond acceptors (Lipinski definition) is 5. The Balaban J connectivity index is 1.95. The average Bonchev–Trinajstić information content (AvgIpc) is 2.72. The van der Waals surface area contributed by atoms with Crippen molar-refractivity contribution in [3.05, 3.63) is 28.2 Å². The summed E-state index contributed by atoms with van der Waals surface area (Å²) >= 11 is 0. The summed E-state index contributed by atoms with van der Waals surface area (Å²) in [5, 5.41) is 0. The molecule has 7 nitrogen and oxygen atoms in total. The van der Waals surface area contributed by atoms with Gasteiger partial charge in [-0.25, -0.2) is 13.2 Å². The SMILES string of the molecule is Cc1cc2[nH]c(=O)oc2cc1S(=O)(=O)N1CCC[C@@H](N(C)C)CC1. The van der Waals surface area contributed by atoms with Gasteiger partial charge in [-0.2, -0.15) is 4.31 Å². The van der Waals surface area contributed by atoms with Crippen LogP contribution in [0.2, 0.25) is 0 Å². The van der Waals surface area contributed by atoms with E-state index in [0.29, 0.717) is 30.2 Å². The van der Waals surface area contributed by atoms with Crippen LogP contribution in [0.25, 0.3) is 11.1 Å². The molecule has 0 spiro atoms. The number of hydrogen-bond donors (Lipinski definition) is 1. The van der Waals surface area contributed by atoms with Crippen LogP contribution >= 0.6 is 0 Å². The van der Waals surface area contributed by atoms with E-state index in [1.54, 1.807) is 17.3 Å². The smallest absolute Gasteiger partial charge is 0.408 e. The quantitative estimate of drug-likeness (QED) is 0.904. The second kappa shape index (κ2) is 6.34. The van der Waals surface area contributed by atoms with Gasteiger partial charge in [0.15, 0.2) is 5.58 Å². The molecule has 1 fully saturated rings. The largest absolute Gasteiger partial charge is 0.417 e. The molecule has 1 aliphatic heterocycles. The van der Waals surface area contributed by atoms with Gasteiger partial charge < -0.3 is 9.32 Å². The molecule has 1 aromatic carbocycles. The molecule has 3 rings (SSSR count). The minimum absolute atomic E-state index is 0.209. The molecule has 1 saturated heterocycles. The van der Waals surface area contributed by atoms with E-state index in [1.807, 2.05) is 14.1 Å². The summed E-state index contributed by atoms with van der Waals surface area (Å²) in [6.07, 6.45) is 2.64. The van der Waals surface area contributed by atoms with Crippen molar-refractivity contribution in [2.24, 2.45) is 0 Å². The van der Waals surface area contributed by atoms with Gasteiger partial charge in [0.05, 0.1) is 10.4 Å². The van der Waals surface area contributed by atoms with Gasteiger partial charge in [-0.3, -0.25) is 4.98 Å². The molecule has 8 heteroatoms. The fourth-order valence-corrected chi connectivity index (χ4v) is 5.03. The number of oxazole rings is 1. The molecule has 1 N–H and O–H groups in total. The van der Waals surface area contributed by atoms with Gasteiger partial charge in [-0.15, -0.1) is 0 Å². The summed E-state index contributed by atoms with van der Waals surface area (Å²) in [7, 11) is 0.449. The zero-order valence-electron chi connectivity index (χ0n) is 14.2. The average molecular weight is 353 g/mol. The molecule has 132 valence electrons. The van der Waals surface area contributed by atoms with Gasteiger partial charge in [0, 0.05) is 25.2 Å². The number of fused-ring (bicyclic) bond motifs is 1. The minimum Gasteiger partial charge on any atom is -0.408 e. The van der Waals surface area contributed by atoms with Crippen molar-refractivity contribution >= 4 is 21.1 Å². The highest BCUT2D eigenvalue weighted by Gasteiger charge is 2.30. The van der Waals surface area contributed by atoms with E-state index in [4.69, 9.17) is 4.42 Å². The van der Waals surface area contributed by atoms with Crippen molar-refractivity contribution < 1.29 is 12.8 Å². The first-order valence-electron chi connectivity index (χ1n) is 8.09. The lowest BCUT2D eigenvalue weighted by Gasteiger charge is -2.23. The van der Waals surface area contributed by atoms with E-state index >= 15 is 0 Å². The third-order valence-electron chi connectivity index (χ3n) is 4.72. The summed E-state index contributed by atoms with van der Waals surface area (Å²) in [6, 6.07) is 3.50. The van der Waals surface area contributed by atoms with Crippen LogP contribution in [0.1, 0.15) is 24.8 Å². The summed E-state index contributed by atoms with van der Waals surface area (Å²) in [6.45, 7) is 2.75. The summed E-state index contributed by atoms with van der Waals surface area (Å²) in [4.78, 5) is 16.2. The van der Waals surface area contributed by atoms with Crippen LogP contribution in [0, 0.1) is 6.92 Å². The Hall–Kier alpha value is -1.64. The Morgan fingerprint density at radius 2 is 2.00 bits per heavy atom. The van der Waals surface area contributed by atoms with Gasteiger partial charge >= 0.3 is 5.76 Å². The number of rotatable bonds is 3. The van der Waals surface area contributed by atoms with E-state index in [0.717, 1.165) is 19.3 Å². The van der Waals surface area contributed by atoms with Crippen LogP contribution in [-0.2, 0) is 10.0 Å². The molecular formula is C16H23N3O4S. The number of nitrogens with one attached hydrogen (secondary N) is 1. The van der Waals surface area contributed by atoms with Gasteiger partial charge in [-0.05, 0) is 51.9 Å². The number of H-pyrrole nitrogens is 1. The van der Waals surface area contributed by atoms with Crippen molar-refractivity contribution in [1.29, 1.82) is 0 Å². The molecular weight excluding hydrogens is 330 g/mol. The highest BCUT2D eigenvalue weighted by atomic mass is 32.2.